The van der Waals surface area contributed by atoms with Crippen LogP contribution in [-0.4, -0.2) is 33.9 Å². The number of rotatable bonds is 7. The monoisotopic (exact) mass is 391 g/mol. The highest BCUT2D eigenvalue weighted by atomic mass is 16.7. The summed E-state index contributed by atoms with van der Waals surface area (Å²) in [5.41, 5.74) is 3.62. The quantitative estimate of drug-likeness (QED) is 0.451. The van der Waals surface area contributed by atoms with Crippen molar-refractivity contribution in [3.05, 3.63) is 72.5 Å². The molecule has 1 aromatic heterocycles. The minimum Gasteiger partial charge on any atom is -0.462 e. The lowest BCUT2D eigenvalue weighted by Crippen LogP contribution is -2.16. The van der Waals surface area contributed by atoms with Crippen molar-refractivity contribution in [2.75, 3.05) is 6.61 Å². The molecule has 1 aliphatic rings. The molecule has 1 aliphatic heterocycles. The Labute approximate surface area is 168 Å². The minimum atomic E-state index is -0.393. The Morgan fingerprint density at radius 3 is 2.66 bits per heavy atom. The largest absolute Gasteiger partial charge is 0.462 e. The maximum absolute atomic E-state index is 11.6. The molecule has 3 aromatic rings. The Hall–Kier alpha value is -3.61. The zero-order chi connectivity index (χ0) is 20.2. The number of ether oxygens (including phenoxy) is 3. The second-order valence-electron chi connectivity index (χ2n) is 6.74. The molecule has 0 saturated carbocycles. The lowest BCUT2D eigenvalue weighted by atomic mass is 10.1. The first-order valence-electron chi connectivity index (χ1n) is 9.35. The molecule has 0 spiro atoms. The Morgan fingerprint density at radius 1 is 1.24 bits per heavy atom. The summed E-state index contributed by atoms with van der Waals surface area (Å²) in [6.07, 6.45) is 4.40. The van der Waals surface area contributed by atoms with E-state index in [0.717, 1.165) is 16.6 Å². The van der Waals surface area contributed by atoms with Crippen LogP contribution in [0.2, 0.25) is 0 Å². The van der Waals surface area contributed by atoms with Crippen molar-refractivity contribution in [3.8, 4) is 11.4 Å². The second kappa shape index (κ2) is 8.18. The fourth-order valence-corrected chi connectivity index (χ4v) is 2.91. The van der Waals surface area contributed by atoms with E-state index in [1.165, 1.54) is 0 Å². The Balaban J connectivity index is 1.61. The van der Waals surface area contributed by atoms with Crippen LogP contribution in [0.5, 0.6) is 5.75 Å². The van der Waals surface area contributed by atoms with Crippen LogP contribution in [-0.2, 0) is 20.7 Å². The topological polar surface area (TPSA) is 75.5 Å². The third kappa shape index (κ3) is 4.29. The Bertz CT molecular complexity index is 1050. The Kier molecular flexibility index (Phi) is 5.29. The smallest absolute Gasteiger partial charge is 0.333 e. The number of esters is 1. The van der Waals surface area contributed by atoms with Crippen LogP contribution in [0.4, 0.5) is 0 Å². The van der Waals surface area contributed by atoms with E-state index >= 15 is 0 Å². The number of carbonyl (C=O) groups excluding carboxylic acids is 1. The summed E-state index contributed by atoms with van der Waals surface area (Å²) in [7, 11) is 0. The normalized spacial score (nSPS) is 15.3. The van der Waals surface area contributed by atoms with Crippen molar-refractivity contribution in [1.29, 1.82) is 0 Å². The van der Waals surface area contributed by atoms with Gasteiger partial charge in [-0.3, -0.25) is 0 Å². The summed E-state index contributed by atoms with van der Waals surface area (Å²) < 4.78 is 16.6. The Morgan fingerprint density at radius 2 is 2.00 bits per heavy atom. The van der Waals surface area contributed by atoms with Gasteiger partial charge in [0.2, 0.25) is 6.29 Å². The van der Waals surface area contributed by atoms with Crippen molar-refractivity contribution in [2.45, 2.75) is 26.1 Å². The lowest BCUT2D eigenvalue weighted by molar-refractivity contribution is -0.138. The number of hydrogen-bond acceptors (Lipinski definition) is 6. The van der Waals surface area contributed by atoms with Gasteiger partial charge in [0.15, 0.2) is 5.75 Å². The average Bonchev–Trinajstić information content (AvgIpc) is 3.38. The maximum atomic E-state index is 11.6. The summed E-state index contributed by atoms with van der Waals surface area (Å²) in [5.74, 6) is 0.220. The number of benzene rings is 2. The molecule has 148 valence electrons. The van der Waals surface area contributed by atoms with Gasteiger partial charge in [-0.05, 0) is 42.8 Å². The number of nitrogens with zero attached hydrogens (tertiary/aromatic N) is 3. The summed E-state index contributed by atoms with van der Waals surface area (Å²) in [4.78, 5) is 13.1. The predicted molar refractivity (Wildman–Crippen MR) is 108 cm³/mol. The maximum Gasteiger partial charge on any atom is 0.333 e. The van der Waals surface area contributed by atoms with Crippen molar-refractivity contribution in [3.63, 3.8) is 0 Å². The first-order valence-corrected chi connectivity index (χ1v) is 9.35. The molecule has 1 unspecified atom stereocenters. The van der Waals surface area contributed by atoms with E-state index in [0.29, 0.717) is 29.9 Å². The van der Waals surface area contributed by atoms with Crippen LogP contribution in [0.15, 0.2) is 67.0 Å². The number of carbonyl (C=O) groups is 1. The molecule has 0 saturated heterocycles. The molecule has 0 N–H and O–H groups in total. The molecule has 2 aromatic carbocycles. The predicted octanol–water partition coefficient (Wildman–Crippen LogP) is 3.72. The summed E-state index contributed by atoms with van der Waals surface area (Å²) in [5, 5.41) is 9.13. The molecule has 0 bridgehead atoms. The van der Waals surface area contributed by atoms with E-state index in [1.54, 1.807) is 18.0 Å². The standard InChI is InChI=1S/C22H21N3O4/c1-15(2)22(26)28-13-11-16-9-10-20(29-21-8-5-12-27-21)19(14-16)25-23-17-6-3-4-7-18(17)24-25/h3-7,9-10,12,14,21H,1,8,11,13H2,2H3. The van der Waals surface area contributed by atoms with Crippen LogP contribution >= 0.6 is 0 Å². The molecule has 7 nitrogen and oxygen atoms in total. The minimum absolute atomic E-state index is 0.259. The van der Waals surface area contributed by atoms with Gasteiger partial charge in [-0.25, -0.2) is 4.79 Å². The van der Waals surface area contributed by atoms with Gasteiger partial charge in [-0.2, -0.15) is 0 Å². The van der Waals surface area contributed by atoms with Crippen LogP contribution in [0, 0.1) is 0 Å². The highest BCUT2D eigenvalue weighted by Gasteiger charge is 2.18. The van der Waals surface area contributed by atoms with Gasteiger partial charge < -0.3 is 14.2 Å². The van der Waals surface area contributed by atoms with E-state index in [1.807, 2.05) is 48.5 Å². The summed E-state index contributed by atoms with van der Waals surface area (Å²) in [6.45, 7) is 5.47. The molecule has 7 heteroatoms. The van der Waals surface area contributed by atoms with E-state index in [4.69, 9.17) is 14.2 Å². The van der Waals surface area contributed by atoms with Crippen LogP contribution in [0.1, 0.15) is 18.9 Å². The van der Waals surface area contributed by atoms with Crippen LogP contribution in [0.3, 0.4) is 0 Å². The number of hydrogen-bond donors (Lipinski definition) is 0. The van der Waals surface area contributed by atoms with Gasteiger partial charge in [0, 0.05) is 18.4 Å². The zero-order valence-corrected chi connectivity index (χ0v) is 16.1. The van der Waals surface area contributed by atoms with Crippen molar-refractivity contribution >= 4 is 17.0 Å². The molecular weight excluding hydrogens is 370 g/mol. The van der Waals surface area contributed by atoms with E-state index < -0.39 is 5.97 Å². The van der Waals surface area contributed by atoms with Crippen molar-refractivity contribution < 1.29 is 19.0 Å². The lowest BCUT2D eigenvalue weighted by Gasteiger charge is -2.16. The highest BCUT2D eigenvalue weighted by Crippen LogP contribution is 2.27. The molecular formula is C22H21N3O4. The van der Waals surface area contributed by atoms with Gasteiger partial charge in [0.1, 0.15) is 16.7 Å². The summed E-state index contributed by atoms with van der Waals surface area (Å²) in [6, 6.07) is 13.4. The summed E-state index contributed by atoms with van der Waals surface area (Å²) >= 11 is 0. The number of aromatic nitrogens is 3. The first-order chi connectivity index (χ1) is 14.1. The fourth-order valence-electron chi connectivity index (χ4n) is 2.91. The van der Waals surface area contributed by atoms with E-state index in [9.17, 15) is 4.79 Å². The molecule has 1 atom stereocenters. The van der Waals surface area contributed by atoms with E-state index in [2.05, 4.69) is 16.8 Å². The van der Waals surface area contributed by atoms with Gasteiger partial charge in [-0.1, -0.05) is 24.8 Å². The van der Waals surface area contributed by atoms with Crippen LogP contribution < -0.4 is 4.74 Å². The van der Waals surface area contributed by atoms with Gasteiger partial charge in [0.25, 0.3) is 0 Å². The van der Waals surface area contributed by atoms with E-state index in [-0.39, 0.29) is 12.9 Å². The molecule has 0 aliphatic carbocycles. The van der Waals surface area contributed by atoms with Crippen LogP contribution in [0.25, 0.3) is 16.7 Å². The molecule has 0 radical (unpaired) electrons. The first kappa shape index (κ1) is 18.7. The average molecular weight is 391 g/mol. The molecule has 0 fully saturated rings. The fraction of sp³-hybridized carbons (Fsp3) is 0.227. The second-order valence-corrected chi connectivity index (χ2v) is 6.74. The van der Waals surface area contributed by atoms with Gasteiger partial charge >= 0.3 is 5.97 Å². The number of fused-ring (bicyclic) bond motifs is 1. The molecule has 0 amide bonds. The van der Waals surface area contributed by atoms with Gasteiger partial charge in [0.05, 0.1) is 12.9 Å². The van der Waals surface area contributed by atoms with Gasteiger partial charge in [-0.15, -0.1) is 15.0 Å². The third-order valence-electron chi connectivity index (χ3n) is 4.41. The molecule has 4 rings (SSSR count). The third-order valence-corrected chi connectivity index (χ3v) is 4.41. The highest BCUT2D eigenvalue weighted by molar-refractivity contribution is 5.86. The molecule has 29 heavy (non-hydrogen) atoms. The zero-order valence-electron chi connectivity index (χ0n) is 16.1. The molecule has 2 heterocycles. The van der Waals surface area contributed by atoms with Crippen molar-refractivity contribution in [1.82, 2.24) is 15.0 Å². The van der Waals surface area contributed by atoms with Crippen molar-refractivity contribution in [2.24, 2.45) is 0 Å². The SMILES string of the molecule is C=C(C)C(=O)OCCc1ccc(OC2CC=CO2)c(-n2nc3ccccc3n2)c1.